The number of aromatic nitrogens is 3. The number of halogens is 2. The highest BCUT2D eigenvalue weighted by Gasteiger charge is 2.25. The van der Waals surface area contributed by atoms with Gasteiger partial charge in [-0.3, -0.25) is 9.36 Å². The van der Waals surface area contributed by atoms with Crippen molar-refractivity contribution in [3.63, 3.8) is 0 Å². The van der Waals surface area contributed by atoms with Crippen LogP contribution in [0.25, 0.3) is 22.4 Å². The zero-order valence-corrected chi connectivity index (χ0v) is 24.4. The lowest BCUT2D eigenvalue weighted by atomic mass is 10.1. The molecule has 1 aliphatic rings. The van der Waals surface area contributed by atoms with Gasteiger partial charge in [0.15, 0.2) is 6.20 Å². The van der Waals surface area contributed by atoms with Crippen LogP contribution in [0.3, 0.4) is 0 Å². The maximum Gasteiger partial charge on any atom is 0.271 e. The molecule has 0 saturated heterocycles. The fourth-order valence-corrected chi connectivity index (χ4v) is 7.86. The van der Waals surface area contributed by atoms with Crippen molar-refractivity contribution in [3.05, 3.63) is 102 Å². The summed E-state index contributed by atoms with van der Waals surface area (Å²) in [5.41, 5.74) is 2.92. The molecule has 38 heavy (non-hydrogen) atoms. The Hall–Kier alpha value is -2.82. The van der Waals surface area contributed by atoms with E-state index in [4.69, 9.17) is 16.1 Å². The van der Waals surface area contributed by atoms with Crippen LogP contribution < -0.4 is 36.6 Å². The molecule has 1 aliphatic heterocycles. The molecule has 3 aromatic heterocycles. The molecule has 0 radical (unpaired) electrons. The Kier molecular flexibility index (Phi) is 7.83. The molecule has 4 heterocycles. The van der Waals surface area contributed by atoms with Gasteiger partial charge in [-0.25, -0.2) is 0 Å². The first-order valence-electron chi connectivity index (χ1n) is 11.7. The number of thioether (sulfide) groups is 1. The first-order chi connectivity index (χ1) is 18.0. The predicted molar refractivity (Wildman–Crippen MR) is 152 cm³/mol. The third kappa shape index (κ3) is 4.97. The minimum atomic E-state index is 0. The maximum atomic E-state index is 13.5. The van der Waals surface area contributed by atoms with E-state index in [-0.39, 0.29) is 18.0 Å². The van der Waals surface area contributed by atoms with Crippen LogP contribution in [0.1, 0.15) is 17.7 Å². The summed E-state index contributed by atoms with van der Waals surface area (Å²) >= 11 is 10.9. The van der Waals surface area contributed by atoms with Crippen LogP contribution in [-0.2, 0) is 13.1 Å². The molecule has 0 aliphatic carbocycles. The van der Waals surface area contributed by atoms with Crippen molar-refractivity contribution < 1.29 is 21.5 Å². The van der Waals surface area contributed by atoms with E-state index in [2.05, 4.69) is 20.7 Å². The number of fused-ring (bicyclic) bond motifs is 1. The second-order valence-corrected chi connectivity index (χ2v) is 11.9. The summed E-state index contributed by atoms with van der Waals surface area (Å²) in [6, 6.07) is 17.8. The second kappa shape index (κ2) is 11.1. The highest BCUT2D eigenvalue weighted by molar-refractivity contribution is 8.08. The van der Waals surface area contributed by atoms with Crippen molar-refractivity contribution in [2.24, 2.45) is 0 Å². The molecule has 0 amide bonds. The van der Waals surface area contributed by atoms with E-state index >= 15 is 0 Å². The van der Waals surface area contributed by atoms with Gasteiger partial charge in [0.05, 0.1) is 17.1 Å². The van der Waals surface area contributed by atoms with Gasteiger partial charge in [0, 0.05) is 35.1 Å². The SMILES string of the molecule is CCn1c(=O)/c(=C2\Sc3cc(Cl)ccc3N2C)s/c1=C\c1scc[n+]1Cc1cc(-c2ccccc2)no1.[Cl-]. The van der Waals surface area contributed by atoms with E-state index in [9.17, 15) is 4.79 Å². The third-order valence-corrected chi connectivity index (χ3v) is 9.68. The summed E-state index contributed by atoms with van der Waals surface area (Å²) in [7, 11) is 2.00. The lowest BCUT2D eigenvalue weighted by Gasteiger charge is -2.12. The topological polar surface area (TPSA) is 55.2 Å². The van der Waals surface area contributed by atoms with Gasteiger partial charge in [-0.1, -0.05) is 70.2 Å². The molecule has 0 spiro atoms. The Balaban J connectivity index is 0.00000294. The zero-order chi connectivity index (χ0) is 25.5. The van der Waals surface area contributed by atoms with E-state index in [0.29, 0.717) is 18.1 Å². The molecule has 0 fully saturated rings. The summed E-state index contributed by atoms with van der Waals surface area (Å²) in [5, 5.41) is 8.93. The van der Waals surface area contributed by atoms with Gasteiger partial charge in [0.25, 0.3) is 10.6 Å². The molecule has 6 rings (SSSR count). The Morgan fingerprint density at radius 2 is 1.97 bits per heavy atom. The lowest BCUT2D eigenvalue weighted by Crippen LogP contribution is -3.00. The van der Waals surface area contributed by atoms with Crippen molar-refractivity contribution in [1.82, 2.24) is 9.72 Å². The lowest BCUT2D eigenvalue weighted by molar-refractivity contribution is -0.687. The van der Waals surface area contributed by atoms with Crippen LogP contribution in [0.4, 0.5) is 5.69 Å². The van der Waals surface area contributed by atoms with Crippen molar-refractivity contribution in [2.45, 2.75) is 24.9 Å². The van der Waals surface area contributed by atoms with Gasteiger partial charge < -0.3 is 21.8 Å². The highest BCUT2D eigenvalue weighted by Crippen LogP contribution is 2.46. The van der Waals surface area contributed by atoms with Gasteiger partial charge >= 0.3 is 0 Å². The largest absolute Gasteiger partial charge is 1.00 e. The second-order valence-electron chi connectivity index (χ2n) is 8.46. The number of nitrogens with zero attached hydrogens (tertiary/aromatic N) is 4. The molecule has 6 nitrogen and oxygen atoms in total. The predicted octanol–water partition coefficient (Wildman–Crippen LogP) is 1.78. The van der Waals surface area contributed by atoms with Crippen molar-refractivity contribution in [3.8, 4) is 11.3 Å². The fraction of sp³-hybridized carbons (Fsp3) is 0.148. The van der Waals surface area contributed by atoms with Crippen molar-refractivity contribution >= 4 is 62.8 Å². The summed E-state index contributed by atoms with van der Waals surface area (Å²) in [4.78, 5) is 16.6. The summed E-state index contributed by atoms with van der Waals surface area (Å²) in [5.74, 6) is 0.771. The first-order valence-corrected chi connectivity index (χ1v) is 14.6. The Bertz CT molecular complexity index is 1790. The quantitative estimate of drug-likeness (QED) is 0.288. The Morgan fingerprint density at radius 3 is 2.76 bits per heavy atom. The summed E-state index contributed by atoms with van der Waals surface area (Å²) < 4.78 is 11.2. The molecule has 0 N–H and O–H groups in total. The van der Waals surface area contributed by atoms with Gasteiger partial charge in [0.1, 0.15) is 19.9 Å². The first kappa shape index (κ1) is 26.8. The minimum absolute atomic E-state index is 0. The van der Waals surface area contributed by atoms with Crippen LogP contribution in [0.15, 0.2) is 80.4 Å². The number of thiazole rings is 2. The monoisotopic (exact) mass is 600 g/mol. The molecule has 0 unspecified atom stereocenters. The number of rotatable bonds is 5. The number of benzene rings is 2. The number of hydrogen-bond acceptors (Lipinski definition) is 7. The Morgan fingerprint density at radius 1 is 1.16 bits per heavy atom. The number of anilines is 1. The molecule has 2 aromatic carbocycles. The molecule has 0 saturated carbocycles. The van der Waals surface area contributed by atoms with Crippen LogP contribution >= 0.6 is 46.0 Å². The molecule has 194 valence electrons. The van der Waals surface area contributed by atoms with E-state index < -0.39 is 0 Å². The standard InChI is InChI=1S/C27H22ClN4O2S3.ClH/c1-3-32-24(37-25(26(32)33)27-30(2)21-10-9-18(28)13-22(21)36-27)15-23-31(11-12-35-23)16-19-14-20(29-34-19)17-7-5-4-6-8-17;/h4-15H,3,16H2,1-2H3;1H/q+1;/p-1/b27-25+;. The van der Waals surface area contributed by atoms with Gasteiger partial charge in [0.2, 0.25) is 12.3 Å². The van der Waals surface area contributed by atoms with Crippen LogP contribution in [0, 0.1) is 0 Å². The summed E-state index contributed by atoms with van der Waals surface area (Å²) in [6.45, 7) is 3.15. The molecule has 0 atom stereocenters. The fourth-order valence-electron chi connectivity index (χ4n) is 4.26. The van der Waals surface area contributed by atoms with Gasteiger partial charge in [-0.05, 0) is 25.1 Å². The number of hydrogen-bond donors (Lipinski definition) is 0. The average Bonchev–Trinajstić information content (AvgIpc) is 3.68. The van der Waals surface area contributed by atoms with Crippen LogP contribution in [-0.4, -0.2) is 16.8 Å². The van der Waals surface area contributed by atoms with Crippen molar-refractivity contribution in [2.75, 3.05) is 11.9 Å². The van der Waals surface area contributed by atoms with Gasteiger partial charge in [-0.2, -0.15) is 4.57 Å². The van der Waals surface area contributed by atoms with Crippen molar-refractivity contribution in [1.29, 1.82) is 0 Å². The van der Waals surface area contributed by atoms with E-state index in [0.717, 1.165) is 46.8 Å². The van der Waals surface area contributed by atoms with Crippen LogP contribution in [0.2, 0.25) is 5.02 Å². The molecule has 0 bridgehead atoms. The molecule has 11 heteroatoms. The maximum absolute atomic E-state index is 13.5. The van der Waals surface area contributed by atoms with E-state index in [1.165, 1.54) is 11.3 Å². The third-order valence-electron chi connectivity index (χ3n) is 6.13. The highest BCUT2D eigenvalue weighted by atomic mass is 35.5. The molecule has 5 aromatic rings. The van der Waals surface area contributed by atoms with E-state index in [1.807, 2.05) is 84.7 Å². The van der Waals surface area contributed by atoms with Gasteiger partial charge in [-0.15, -0.1) is 11.3 Å². The smallest absolute Gasteiger partial charge is 0.271 e. The normalized spacial score (nSPS) is 14.6. The minimum Gasteiger partial charge on any atom is -1.00 e. The zero-order valence-electron chi connectivity index (χ0n) is 20.4. The molecular weight excluding hydrogens is 579 g/mol. The summed E-state index contributed by atoms with van der Waals surface area (Å²) in [6.07, 6.45) is 4.11. The Labute approximate surface area is 242 Å². The molecular formula is C27H22Cl2N4O2S3. The average molecular weight is 602 g/mol. The van der Waals surface area contributed by atoms with E-state index in [1.54, 1.807) is 23.1 Å². The van der Waals surface area contributed by atoms with Crippen LogP contribution in [0.5, 0.6) is 0 Å².